The van der Waals surface area contributed by atoms with Gasteiger partial charge in [0.25, 0.3) is 0 Å². The van der Waals surface area contributed by atoms with Gasteiger partial charge >= 0.3 is 0 Å². The summed E-state index contributed by atoms with van der Waals surface area (Å²) in [5.74, 6) is 0.464. The van der Waals surface area contributed by atoms with Crippen molar-refractivity contribution in [2.24, 2.45) is 10.7 Å². The third-order valence-electron chi connectivity index (χ3n) is 4.52. The van der Waals surface area contributed by atoms with Crippen molar-refractivity contribution in [3.8, 4) is 0 Å². The molecule has 1 aromatic rings. The molecule has 0 spiro atoms. The first-order valence-electron chi connectivity index (χ1n) is 8.86. The molecule has 0 saturated carbocycles. The van der Waals surface area contributed by atoms with E-state index in [1.54, 1.807) is 0 Å². The van der Waals surface area contributed by atoms with Crippen molar-refractivity contribution >= 4 is 11.6 Å². The van der Waals surface area contributed by atoms with Crippen LogP contribution in [-0.2, 0) is 11.2 Å². The van der Waals surface area contributed by atoms with E-state index in [2.05, 4.69) is 62.0 Å². The van der Waals surface area contributed by atoms with Gasteiger partial charge in [-0.15, -0.1) is 0 Å². The van der Waals surface area contributed by atoms with Gasteiger partial charge in [-0.1, -0.05) is 19.1 Å². The lowest BCUT2D eigenvalue weighted by atomic mass is 10.0. The normalized spacial score (nSPS) is 23.3. The van der Waals surface area contributed by atoms with Crippen LogP contribution >= 0.6 is 0 Å². The van der Waals surface area contributed by atoms with Gasteiger partial charge in [-0.3, -0.25) is 9.89 Å². The number of hydrogen-bond donors (Lipinski definition) is 2. The van der Waals surface area contributed by atoms with E-state index in [-0.39, 0.29) is 17.7 Å². The van der Waals surface area contributed by atoms with Gasteiger partial charge in [0, 0.05) is 24.3 Å². The number of guanidine groups is 1. The first kappa shape index (κ1) is 18.7. The van der Waals surface area contributed by atoms with Gasteiger partial charge < -0.3 is 15.8 Å². The summed E-state index contributed by atoms with van der Waals surface area (Å²) < 4.78 is 5.82. The fourth-order valence-electron chi connectivity index (χ4n) is 3.11. The Kier molecular flexibility index (Phi) is 6.24. The summed E-state index contributed by atoms with van der Waals surface area (Å²) in [4.78, 5) is 7.02. The quantitative estimate of drug-likeness (QED) is 0.643. The lowest BCUT2D eigenvalue weighted by Crippen LogP contribution is -2.56. The average Bonchev–Trinajstić information content (AvgIpc) is 2.52. The van der Waals surface area contributed by atoms with Crippen LogP contribution in [0.5, 0.6) is 0 Å². The van der Waals surface area contributed by atoms with Crippen molar-refractivity contribution in [3.05, 3.63) is 29.8 Å². The van der Waals surface area contributed by atoms with E-state index in [4.69, 9.17) is 10.5 Å². The zero-order chi connectivity index (χ0) is 17.7. The fraction of sp³-hybridized carbons (Fsp3) is 0.632. The number of rotatable bonds is 5. The zero-order valence-electron chi connectivity index (χ0n) is 15.7. The molecule has 0 aromatic heterocycles. The molecule has 1 saturated heterocycles. The van der Waals surface area contributed by atoms with Gasteiger partial charge in [-0.05, 0) is 51.8 Å². The molecule has 5 heteroatoms. The maximum absolute atomic E-state index is 6.08. The smallest absolute Gasteiger partial charge is 0.193 e. The molecule has 2 unspecified atom stereocenters. The van der Waals surface area contributed by atoms with Crippen molar-refractivity contribution in [1.29, 1.82) is 0 Å². The number of benzene rings is 1. The molecule has 0 amide bonds. The van der Waals surface area contributed by atoms with Gasteiger partial charge in [0.05, 0.1) is 18.8 Å². The number of hydrogen-bond acceptors (Lipinski definition) is 3. The van der Waals surface area contributed by atoms with E-state index in [9.17, 15) is 0 Å². The van der Waals surface area contributed by atoms with Crippen LogP contribution in [0.25, 0.3) is 0 Å². The molecule has 2 atom stereocenters. The maximum atomic E-state index is 6.08. The Hall–Kier alpha value is -1.59. The molecule has 1 aromatic carbocycles. The summed E-state index contributed by atoms with van der Waals surface area (Å²) in [5.41, 5.74) is 8.30. The SMILES string of the molecule is CCc1cccc(NC(N)=NCC(C)(C)N2CC(C)OC(C)C2)c1. The number of anilines is 1. The molecule has 1 heterocycles. The number of nitrogens with one attached hydrogen (secondary N) is 1. The van der Waals surface area contributed by atoms with E-state index >= 15 is 0 Å². The van der Waals surface area contributed by atoms with Crippen LogP contribution in [0.2, 0.25) is 0 Å². The monoisotopic (exact) mass is 332 g/mol. The Labute approximate surface area is 146 Å². The van der Waals surface area contributed by atoms with Gasteiger partial charge in [-0.25, -0.2) is 0 Å². The molecule has 1 aliphatic rings. The van der Waals surface area contributed by atoms with E-state index in [0.29, 0.717) is 12.5 Å². The summed E-state index contributed by atoms with van der Waals surface area (Å²) >= 11 is 0. The summed E-state index contributed by atoms with van der Waals surface area (Å²) in [6.45, 7) is 13.3. The van der Waals surface area contributed by atoms with E-state index in [1.165, 1.54) is 5.56 Å². The van der Waals surface area contributed by atoms with Crippen LogP contribution in [0, 0.1) is 0 Å². The highest BCUT2D eigenvalue weighted by atomic mass is 16.5. The Morgan fingerprint density at radius 1 is 1.33 bits per heavy atom. The molecular weight excluding hydrogens is 300 g/mol. The Morgan fingerprint density at radius 3 is 2.62 bits per heavy atom. The second-order valence-corrected chi connectivity index (χ2v) is 7.36. The molecule has 0 aliphatic carbocycles. The Bertz CT molecular complexity index is 560. The summed E-state index contributed by atoms with van der Waals surface area (Å²) in [7, 11) is 0. The average molecular weight is 332 g/mol. The lowest BCUT2D eigenvalue weighted by Gasteiger charge is -2.44. The molecule has 0 bridgehead atoms. The maximum Gasteiger partial charge on any atom is 0.193 e. The summed E-state index contributed by atoms with van der Waals surface area (Å²) in [5, 5.41) is 3.19. The largest absolute Gasteiger partial charge is 0.373 e. The number of nitrogens with zero attached hydrogens (tertiary/aromatic N) is 2. The molecule has 5 nitrogen and oxygen atoms in total. The second-order valence-electron chi connectivity index (χ2n) is 7.36. The third kappa shape index (κ3) is 5.21. The first-order chi connectivity index (χ1) is 11.3. The highest BCUT2D eigenvalue weighted by Gasteiger charge is 2.33. The Morgan fingerprint density at radius 2 is 2.00 bits per heavy atom. The molecule has 0 radical (unpaired) electrons. The van der Waals surface area contributed by atoms with Crippen LogP contribution in [-0.4, -0.2) is 48.2 Å². The molecular formula is C19H32N4O. The van der Waals surface area contributed by atoms with Gasteiger partial charge in [-0.2, -0.15) is 0 Å². The van der Waals surface area contributed by atoms with E-state index < -0.39 is 0 Å². The molecule has 3 N–H and O–H groups in total. The minimum atomic E-state index is -0.0517. The zero-order valence-corrected chi connectivity index (χ0v) is 15.7. The van der Waals surface area contributed by atoms with Crippen LogP contribution in [0.4, 0.5) is 5.69 Å². The van der Waals surface area contributed by atoms with Crippen LogP contribution in [0.1, 0.15) is 40.2 Å². The number of aryl methyl sites for hydroxylation is 1. The van der Waals surface area contributed by atoms with Crippen LogP contribution < -0.4 is 11.1 Å². The predicted octanol–water partition coefficient (Wildman–Crippen LogP) is 2.86. The molecule has 1 fully saturated rings. The van der Waals surface area contributed by atoms with Crippen molar-refractivity contribution < 1.29 is 4.74 Å². The van der Waals surface area contributed by atoms with Crippen molar-refractivity contribution in [2.45, 2.75) is 58.8 Å². The second kappa shape index (κ2) is 7.99. The number of ether oxygens (including phenoxy) is 1. The van der Waals surface area contributed by atoms with Gasteiger partial charge in [0.2, 0.25) is 0 Å². The minimum Gasteiger partial charge on any atom is -0.373 e. The lowest BCUT2D eigenvalue weighted by molar-refractivity contribution is -0.0939. The van der Waals surface area contributed by atoms with E-state index in [0.717, 1.165) is 25.2 Å². The number of aliphatic imine (C=N–C) groups is 1. The fourth-order valence-corrected chi connectivity index (χ4v) is 3.11. The molecule has 2 rings (SSSR count). The van der Waals surface area contributed by atoms with Crippen molar-refractivity contribution in [2.75, 3.05) is 25.0 Å². The van der Waals surface area contributed by atoms with Gasteiger partial charge in [0.1, 0.15) is 0 Å². The summed E-state index contributed by atoms with van der Waals surface area (Å²) in [6.07, 6.45) is 1.51. The minimum absolute atomic E-state index is 0.0517. The highest BCUT2D eigenvalue weighted by Crippen LogP contribution is 2.21. The predicted molar refractivity (Wildman–Crippen MR) is 102 cm³/mol. The van der Waals surface area contributed by atoms with Crippen LogP contribution in [0.15, 0.2) is 29.3 Å². The standard InChI is InChI=1S/C19H32N4O/c1-6-16-8-7-9-17(10-16)22-18(20)21-13-19(4,5)23-11-14(2)24-15(3)12-23/h7-10,14-15H,6,11-13H2,1-5H3,(H3,20,21,22). The third-order valence-corrected chi connectivity index (χ3v) is 4.52. The van der Waals surface area contributed by atoms with Crippen molar-refractivity contribution in [3.63, 3.8) is 0 Å². The molecule has 134 valence electrons. The number of nitrogens with two attached hydrogens (primary N) is 1. The molecule has 1 aliphatic heterocycles. The molecule has 24 heavy (non-hydrogen) atoms. The van der Waals surface area contributed by atoms with E-state index in [1.807, 2.05) is 12.1 Å². The highest BCUT2D eigenvalue weighted by molar-refractivity contribution is 5.92. The first-order valence-corrected chi connectivity index (χ1v) is 8.86. The van der Waals surface area contributed by atoms with Crippen LogP contribution in [0.3, 0.4) is 0 Å². The number of morpholine rings is 1. The topological polar surface area (TPSA) is 62.9 Å². The summed E-state index contributed by atoms with van der Waals surface area (Å²) in [6, 6.07) is 8.27. The van der Waals surface area contributed by atoms with Crippen molar-refractivity contribution in [1.82, 2.24) is 4.90 Å². The van der Waals surface area contributed by atoms with Gasteiger partial charge in [0.15, 0.2) is 5.96 Å². The Balaban J connectivity index is 1.97.